The maximum absolute atomic E-state index is 12.3. The zero-order valence-corrected chi connectivity index (χ0v) is 13.6. The molecule has 0 unspecified atom stereocenters. The molecule has 0 heterocycles. The molecule has 0 fully saturated rings. The molecular weight excluding hydrogens is 306 g/mol. The van der Waals surface area contributed by atoms with Crippen molar-refractivity contribution in [3.05, 3.63) is 71.8 Å². The van der Waals surface area contributed by atoms with Gasteiger partial charge in [-0.15, -0.1) is 0 Å². The molecule has 5 heteroatoms. The summed E-state index contributed by atoms with van der Waals surface area (Å²) in [7, 11) is 0. The highest BCUT2D eigenvalue weighted by Crippen LogP contribution is 2.14. The number of esters is 1. The monoisotopic (exact) mass is 327 g/mol. The van der Waals surface area contributed by atoms with Gasteiger partial charge in [0, 0.05) is 5.56 Å². The molecule has 0 radical (unpaired) electrons. The van der Waals surface area contributed by atoms with E-state index in [9.17, 15) is 14.7 Å². The Morgan fingerprint density at radius 2 is 1.54 bits per heavy atom. The molecule has 2 aromatic rings. The van der Waals surface area contributed by atoms with Crippen LogP contribution in [-0.4, -0.2) is 35.7 Å². The summed E-state index contributed by atoms with van der Waals surface area (Å²) in [6.07, 6.45) is 0.421. The van der Waals surface area contributed by atoms with Crippen molar-refractivity contribution in [1.29, 1.82) is 0 Å². The number of carbonyl (C=O) groups is 2. The number of aliphatic hydroxyl groups is 1. The highest BCUT2D eigenvalue weighted by Gasteiger charge is 2.31. The van der Waals surface area contributed by atoms with Gasteiger partial charge in [0.25, 0.3) is 5.91 Å². The minimum Gasteiger partial charge on any atom is -0.460 e. The minimum absolute atomic E-state index is 0.105. The molecule has 0 aliphatic heterocycles. The molecule has 2 aromatic carbocycles. The topological polar surface area (TPSA) is 75.6 Å². The first-order chi connectivity index (χ1) is 11.6. The van der Waals surface area contributed by atoms with Crippen molar-refractivity contribution in [2.24, 2.45) is 0 Å². The molecule has 0 aromatic heterocycles. The number of amides is 1. The average molecular weight is 327 g/mol. The van der Waals surface area contributed by atoms with Crippen LogP contribution in [0.4, 0.5) is 0 Å². The first-order valence-electron chi connectivity index (χ1n) is 7.81. The third-order valence-corrected chi connectivity index (χ3v) is 3.88. The lowest BCUT2D eigenvalue weighted by atomic mass is 9.97. The molecular formula is C19H21NO4. The molecule has 0 aliphatic rings. The predicted octanol–water partition coefficient (Wildman–Crippen LogP) is 2.41. The standard InChI is InChI=1S/C19H21NO4/c1-2-19(13-21,20-17(22)15-9-5-3-6-10-15)14-24-18(23)16-11-7-4-8-12-16/h3-12,21H,2,13-14H2,1H3,(H,20,22)/t19-/m0/s1. The van der Waals surface area contributed by atoms with Crippen molar-refractivity contribution < 1.29 is 19.4 Å². The lowest BCUT2D eigenvalue weighted by Crippen LogP contribution is -2.54. The van der Waals surface area contributed by atoms with Crippen LogP contribution in [0.15, 0.2) is 60.7 Å². The Hall–Kier alpha value is -2.66. The summed E-state index contributed by atoms with van der Waals surface area (Å²) < 4.78 is 5.30. The van der Waals surface area contributed by atoms with E-state index in [1.807, 2.05) is 13.0 Å². The largest absolute Gasteiger partial charge is 0.460 e. The maximum atomic E-state index is 12.3. The molecule has 2 N–H and O–H groups in total. The summed E-state index contributed by atoms with van der Waals surface area (Å²) in [5, 5.41) is 12.5. The third-order valence-electron chi connectivity index (χ3n) is 3.88. The van der Waals surface area contributed by atoms with E-state index in [4.69, 9.17) is 4.74 Å². The molecule has 126 valence electrons. The lowest BCUT2D eigenvalue weighted by Gasteiger charge is -2.31. The van der Waals surface area contributed by atoms with Crippen LogP contribution in [0.3, 0.4) is 0 Å². The van der Waals surface area contributed by atoms with Crippen molar-refractivity contribution in [3.8, 4) is 0 Å². The number of hydrogen-bond acceptors (Lipinski definition) is 4. The molecule has 2 rings (SSSR count). The molecule has 0 saturated heterocycles. The van der Waals surface area contributed by atoms with Crippen LogP contribution in [0.5, 0.6) is 0 Å². The molecule has 24 heavy (non-hydrogen) atoms. The SMILES string of the molecule is CC[C@](CO)(COC(=O)c1ccccc1)NC(=O)c1ccccc1. The Bertz CT molecular complexity index is 666. The smallest absolute Gasteiger partial charge is 0.338 e. The fourth-order valence-electron chi connectivity index (χ4n) is 2.19. The van der Waals surface area contributed by atoms with E-state index in [0.717, 1.165) is 0 Å². The first kappa shape index (κ1) is 17.7. The highest BCUT2D eigenvalue weighted by molar-refractivity contribution is 5.94. The van der Waals surface area contributed by atoms with Gasteiger partial charge in [0.05, 0.1) is 17.7 Å². The van der Waals surface area contributed by atoms with Crippen molar-refractivity contribution in [3.63, 3.8) is 0 Å². The maximum Gasteiger partial charge on any atom is 0.338 e. The average Bonchev–Trinajstić information content (AvgIpc) is 2.66. The van der Waals surface area contributed by atoms with E-state index in [1.165, 1.54) is 0 Å². The van der Waals surface area contributed by atoms with Crippen LogP contribution in [0.2, 0.25) is 0 Å². The van der Waals surface area contributed by atoms with Gasteiger partial charge >= 0.3 is 5.97 Å². The molecule has 1 amide bonds. The number of ether oxygens (including phenoxy) is 1. The quantitative estimate of drug-likeness (QED) is 0.766. The Balaban J connectivity index is 2.04. The van der Waals surface area contributed by atoms with Crippen LogP contribution in [-0.2, 0) is 4.74 Å². The lowest BCUT2D eigenvalue weighted by molar-refractivity contribution is 0.0236. The summed E-state index contributed by atoms with van der Waals surface area (Å²) >= 11 is 0. The van der Waals surface area contributed by atoms with Crippen LogP contribution in [0, 0.1) is 0 Å². The normalized spacial score (nSPS) is 12.9. The summed E-state index contributed by atoms with van der Waals surface area (Å²) in [4.78, 5) is 24.4. The van der Waals surface area contributed by atoms with Gasteiger partial charge in [-0.3, -0.25) is 4.79 Å². The minimum atomic E-state index is -1.02. The Morgan fingerprint density at radius 3 is 2.04 bits per heavy atom. The molecule has 1 atom stereocenters. The van der Waals surface area contributed by atoms with E-state index in [2.05, 4.69) is 5.32 Å². The van der Waals surface area contributed by atoms with Gasteiger partial charge in [-0.2, -0.15) is 0 Å². The summed E-state index contributed by atoms with van der Waals surface area (Å²) in [5.41, 5.74) is -0.106. The Morgan fingerprint density at radius 1 is 1.00 bits per heavy atom. The van der Waals surface area contributed by atoms with Crippen molar-refractivity contribution in [2.75, 3.05) is 13.2 Å². The molecule has 5 nitrogen and oxygen atoms in total. The summed E-state index contributed by atoms with van der Waals surface area (Å²) in [6.45, 7) is 1.38. The van der Waals surface area contributed by atoms with Crippen LogP contribution in [0.25, 0.3) is 0 Å². The van der Waals surface area contributed by atoms with E-state index in [0.29, 0.717) is 17.5 Å². The van der Waals surface area contributed by atoms with Gasteiger partial charge in [0.2, 0.25) is 0 Å². The zero-order chi connectivity index (χ0) is 17.4. The van der Waals surface area contributed by atoms with E-state index in [1.54, 1.807) is 54.6 Å². The van der Waals surface area contributed by atoms with Crippen LogP contribution in [0.1, 0.15) is 34.1 Å². The highest BCUT2D eigenvalue weighted by atomic mass is 16.5. The van der Waals surface area contributed by atoms with E-state index < -0.39 is 11.5 Å². The summed E-state index contributed by atoms with van der Waals surface area (Å²) in [5.74, 6) is -0.807. The molecule has 0 saturated carbocycles. The first-order valence-corrected chi connectivity index (χ1v) is 7.81. The van der Waals surface area contributed by atoms with Gasteiger partial charge in [-0.1, -0.05) is 43.3 Å². The van der Waals surface area contributed by atoms with E-state index >= 15 is 0 Å². The third kappa shape index (κ3) is 4.43. The second-order valence-corrected chi connectivity index (χ2v) is 5.55. The number of benzene rings is 2. The fraction of sp³-hybridized carbons (Fsp3) is 0.263. The Labute approximate surface area is 141 Å². The van der Waals surface area contributed by atoms with Crippen LogP contribution < -0.4 is 5.32 Å². The van der Waals surface area contributed by atoms with Gasteiger partial charge in [0.15, 0.2) is 0 Å². The van der Waals surface area contributed by atoms with Gasteiger partial charge in [0.1, 0.15) is 6.61 Å². The van der Waals surface area contributed by atoms with Gasteiger partial charge < -0.3 is 15.2 Å². The van der Waals surface area contributed by atoms with E-state index in [-0.39, 0.29) is 19.1 Å². The summed E-state index contributed by atoms with van der Waals surface area (Å²) in [6, 6.07) is 17.3. The number of aliphatic hydroxyl groups excluding tert-OH is 1. The number of hydrogen-bond donors (Lipinski definition) is 2. The van der Waals surface area contributed by atoms with Crippen molar-refractivity contribution in [1.82, 2.24) is 5.32 Å². The Kier molecular flexibility index (Phi) is 6.09. The van der Waals surface area contributed by atoms with Crippen molar-refractivity contribution in [2.45, 2.75) is 18.9 Å². The number of nitrogens with one attached hydrogen (secondary N) is 1. The van der Waals surface area contributed by atoms with Crippen molar-refractivity contribution >= 4 is 11.9 Å². The molecule has 0 aliphatic carbocycles. The van der Waals surface area contributed by atoms with Gasteiger partial charge in [-0.25, -0.2) is 4.79 Å². The number of rotatable bonds is 7. The molecule has 0 bridgehead atoms. The molecule has 0 spiro atoms. The van der Waals surface area contributed by atoms with Crippen LogP contribution >= 0.6 is 0 Å². The second-order valence-electron chi connectivity index (χ2n) is 5.55. The fourth-order valence-corrected chi connectivity index (χ4v) is 2.19. The zero-order valence-electron chi connectivity index (χ0n) is 13.6. The van der Waals surface area contributed by atoms with Gasteiger partial charge in [-0.05, 0) is 30.7 Å². The number of carbonyl (C=O) groups excluding carboxylic acids is 2. The predicted molar refractivity (Wildman–Crippen MR) is 90.7 cm³/mol. The second kappa shape index (κ2) is 8.26.